The number of carbonyl (C=O) groups excluding carboxylic acids is 3. The fraction of sp³-hybridized carbons (Fsp3) is 0.346. The van der Waals surface area contributed by atoms with E-state index in [4.69, 9.17) is 4.74 Å². The molecule has 1 spiro atoms. The van der Waals surface area contributed by atoms with Gasteiger partial charge in [0, 0.05) is 52.0 Å². The third-order valence-corrected chi connectivity index (χ3v) is 8.55. The van der Waals surface area contributed by atoms with Gasteiger partial charge in [0.15, 0.2) is 5.54 Å². The molecular weight excluding hydrogens is 498 g/mol. The number of likely N-dealkylation sites (tertiary alicyclic amines) is 1. The summed E-state index contributed by atoms with van der Waals surface area (Å²) in [5.74, 6) is -3.09. The molecule has 196 valence electrons. The summed E-state index contributed by atoms with van der Waals surface area (Å²) < 4.78 is 31.6. The number of hydrogen-bond acceptors (Lipinski definition) is 7. The second-order valence-electron chi connectivity index (χ2n) is 8.95. The highest BCUT2D eigenvalue weighted by atomic mass is 32.2. The third kappa shape index (κ3) is 3.85. The summed E-state index contributed by atoms with van der Waals surface area (Å²) in [6.45, 7) is 2.37. The van der Waals surface area contributed by atoms with E-state index >= 15 is 0 Å². The van der Waals surface area contributed by atoms with Crippen molar-refractivity contribution in [3.63, 3.8) is 0 Å². The fourth-order valence-electron chi connectivity index (χ4n) is 5.01. The van der Waals surface area contributed by atoms with Crippen LogP contribution in [-0.2, 0) is 34.7 Å². The lowest BCUT2D eigenvalue weighted by Crippen LogP contribution is -2.52. The van der Waals surface area contributed by atoms with Gasteiger partial charge < -0.3 is 19.6 Å². The number of hydrogen-bond donors (Lipinski definition) is 1. The number of fused-ring (bicyclic) bond motifs is 2. The standard InChI is InChI=1S/C26H29N3O7S/c1-5-28-20-13-7-6-12-19(20)26(25(28)33)21(23(31)24(32)29(26)14-9-15-36-4)22(30)17-10-8-11-18(16-17)37(34,35)27(2)3/h6-8,10-13,16,30H,5,9,14-15H2,1-4H3/b22-21+. The Hall–Kier alpha value is -3.54. The number of rotatable bonds is 8. The molecule has 2 heterocycles. The SMILES string of the molecule is CCN1C(=O)C2(/C(=C(/O)c3cccc(S(=O)(=O)N(C)C)c3)C(=O)C(=O)N2CCCOC)c2ccccc21. The molecule has 1 unspecified atom stereocenters. The van der Waals surface area contributed by atoms with Crippen molar-refractivity contribution >= 4 is 39.1 Å². The van der Waals surface area contributed by atoms with Crippen molar-refractivity contribution in [2.24, 2.45) is 0 Å². The summed E-state index contributed by atoms with van der Waals surface area (Å²) in [6, 6.07) is 12.3. The number of methoxy groups -OCH3 is 1. The van der Waals surface area contributed by atoms with Crippen LogP contribution in [0.4, 0.5) is 5.69 Å². The molecule has 0 aliphatic carbocycles. The Kier molecular flexibility index (Phi) is 6.97. The van der Waals surface area contributed by atoms with Crippen LogP contribution in [0.5, 0.6) is 0 Å². The third-order valence-electron chi connectivity index (χ3n) is 6.74. The van der Waals surface area contributed by atoms with Gasteiger partial charge in [-0.2, -0.15) is 0 Å². The summed E-state index contributed by atoms with van der Waals surface area (Å²) in [4.78, 5) is 43.6. The van der Waals surface area contributed by atoms with Crippen molar-refractivity contribution in [3.05, 3.63) is 65.2 Å². The number of amides is 2. The Balaban J connectivity index is 2.03. The zero-order valence-electron chi connectivity index (χ0n) is 21.1. The smallest absolute Gasteiger partial charge is 0.296 e. The molecule has 0 radical (unpaired) electrons. The molecule has 2 aromatic rings. The van der Waals surface area contributed by atoms with Crippen molar-refractivity contribution in [2.75, 3.05) is 45.8 Å². The lowest BCUT2D eigenvalue weighted by molar-refractivity contribution is -0.143. The van der Waals surface area contributed by atoms with Crippen molar-refractivity contribution in [3.8, 4) is 0 Å². The summed E-state index contributed by atoms with van der Waals surface area (Å²) in [7, 11) is 0.399. The molecule has 11 heteroatoms. The van der Waals surface area contributed by atoms with Gasteiger partial charge >= 0.3 is 0 Å². The van der Waals surface area contributed by atoms with Gasteiger partial charge in [-0.25, -0.2) is 12.7 Å². The first-order chi connectivity index (χ1) is 17.5. The Morgan fingerprint density at radius 3 is 2.43 bits per heavy atom. The van der Waals surface area contributed by atoms with Gasteiger partial charge in [-0.3, -0.25) is 14.4 Å². The van der Waals surface area contributed by atoms with Gasteiger partial charge in [0.25, 0.3) is 17.6 Å². The first kappa shape index (κ1) is 26.5. The van der Waals surface area contributed by atoms with Crippen LogP contribution in [0.1, 0.15) is 24.5 Å². The fourth-order valence-corrected chi connectivity index (χ4v) is 5.95. The largest absolute Gasteiger partial charge is 0.507 e. The Morgan fingerprint density at radius 2 is 1.78 bits per heavy atom. The minimum Gasteiger partial charge on any atom is -0.507 e. The maximum Gasteiger partial charge on any atom is 0.296 e. The highest BCUT2D eigenvalue weighted by molar-refractivity contribution is 7.89. The zero-order valence-corrected chi connectivity index (χ0v) is 21.9. The molecular formula is C26H29N3O7S. The number of para-hydroxylation sites is 1. The zero-order chi connectivity index (χ0) is 27.1. The van der Waals surface area contributed by atoms with E-state index in [0.717, 1.165) is 4.31 Å². The van der Waals surface area contributed by atoms with Crippen LogP contribution in [-0.4, -0.2) is 81.2 Å². The molecule has 0 bridgehead atoms. The molecule has 1 fully saturated rings. The normalized spacial score (nSPS) is 20.9. The number of ketones is 1. The first-order valence-electron chi connectivity index (χ1n) is 11.8. The molecule has 2 aromatic carbocycles. The number of nitrogens with zero attached hydrogens (tertiary/aromatic N) is 3. The molecule has 0 aromatic heterocycles. The predicted octanol–water partition coefficient (Wildman–Crippen LogP) is 1.92. The lowest BCUT2D eigenvalue weighted by Gasteiger charge is -2.34. The van der Waals surface area contributed by atoms with Gasteiger partial charge in [-0.05, 0) is 31.5 Å². The number of benzene rings is 2. The number of anilines is 1. The Bertz CT molecular complexity index is 1420. The quantitative estimate of drug-likeness (QED) is 0.241. The molecule has 1 atom stereocenters. The molecule has 37 heavy (non-hydrogen) atoms. The molecule has 2 aliphatic rings. The minimum atomic E-state index is -3.86. The second-order valence-corrected chi connectivity index (χ2v) is 11.1. The van der Waals surface area contributed by atoms with Crippen LogP contribution in [0, 0.1) is 0 Å². The highest BCUT2D eigenvalue weighted by Crippen LogP contribution is 2.53. The van der Waals surface area contributed by atoms with Crippen molar-refractivity contribution in [2.45, 2.75) is 23.8 Å². The molecule has 4 rings (SSSR count). The van der Waals surface area contributed by atoms with Gasteiger partial charge in [-0.15, -0.1) is 0 Å². The van der Waals surface area contributed by atoms with E-state index in [1.54, 1.807) is 31.2 Å². The van der Waals surface area contributed by atoms with Crippen LogP contribution in [0.3, 0.4) is 0 Å². The number of likely N-dealkylation sites (N-methyl/N-ethyl adjacent to an activating group) is 1. The van der Waals surface area contributed by atoms with Crippen molar-refractivity contribution in [1.29, 1.82) is 0 Å². The van der Waals surface area contributed by atoms with Crippen molar-refractivity contribution < 1.29 is 32.6 Å². The highest BCUT2D eigenvalue weighted by Gasteiger charge is 2.66. The van der Waals surface area contributed by atoms with Crippen LogP contribution < -0.4 is 4.90 Å². The monoisotopic (exact) mass is 527 g/mol. The number of carbonyl (C=O) groups is 3. The molecule has 2 aliphatic heterocycles. The number of sulfonamides is 1. The number of aliphatic hydroxyl groups excluding tert-OH is 1. The van der Waals surface area contributed by atoms with Crippen LogP contribution in [0.2, 0.25) is 0 Å². The van der Waals surface area contributed by atoms with Crippen LogP contribution in [0.25, 0.3) is 5.76 Å². The van der Waals surface area contributed by atoms with Gasteiger partial charge in [-0.1, -0.05) is 30.3 Å². The molecule has 1 N–H and O–H groups in total. The second kappa shape index (κ2) is 9.73. The van der Waals surface area contributed by atoms with E-state index in [0.29, 0.717) is 17.7 Å². The summed E-state index contributed by atoms with van der Waals surface area (Å²) in [6.07, 6.45) is 0.351. The van der Waals surface area contributed by atoms with Crippen molar-refractivity contribution in [1.82, 2.24) is 9.21 Å². The Labute approximate surface area is 215 Å². The molecule has 10 nitrogen and oxygen atoms in total. The van der Waals surface area contributed by atoms with Gasteiger partial charge in [0.05, 0.1) is 16.2 Å². The van der Waals surface area contributed by atoms with Crippen LogP contribution >= 0.6 is 0 Å². The lowest BCUT2D eigenvalue weighted by atomic mass is 9.82. The van der Waals surface area contributed by atoms with Gasteiger partial charge in [0.2, 0.25) is 10.0 Å². The Morgan fingerprint density at radius 1 is 1.08 bits per heavy atom. The number of ether oxygens (including phenoxy) is 1. The van der Waals surface area contributed by atoms with Crippen LogP contribution in [0.15, 0.2) is 59.0 Å². The number of aliphatic hydroxyl groups is 1. The average Bonchev–Trinajstić information content (AvgIpc) is 3.26. The molecule has 1 saturated heterocycles. The average molecular weight is 528 g/mol. The van der Waals surface area contributed by atoms with E-state index < -0.39 is 38.9 Å². The van der Waals surface area contributed by atoms with E-state index in [9.17, 15) is 27.9 Å². The summed E-state index contributed by atoms with van der Waals surface area (Å²) >= 11 is 0. The maximum atomic E-state index is 14.1. The minimum absolute atomic E-state index is 0.00239. The predicted molar refractivity (Wildman–Crippen MR) is 136 cm³/mol. The first-order valence-corrected chi connectivity index (χ1v) is 13.2. The summed E-state index contributed by atoms with van der Waals surface area (Å²) in [5.41, 5.74) is -1.35. The molecule has 2 amide bonds. The van der Waals surface area contributed by atoms with E-state index in [1.165, 1.54) is 55.3 Å². The topological polar surface area (TPSA) is 125 Å². The molecule has 0 saturated carbocycles. The van der Waals surface area contributed by atoms with E-state index in [-0.39, 0.29) is 35.7 Å². The maximum absolute atomic E-state index is 14.1. The summed E-state index contributed by atoms with van der Waals surface area (Å²) in [5, 5.41) is 11.5. The van der Waals surface area contributed by atoms with E-state index in [1.807, 2.05) is 0 Å². The number of Topliss-reactive ketones (excluding diaryl/α,β-unsaturated/α-hetero) is 1. The van der Waals surface area contributed by atoms with E-state index in [2.05, 4.69) is 0 Å². The van der Waals surface area contributed by atoms with Gasteiger partial charge in [0.1, 0.15) is 5.76 Å².